The molecule has 0 amide bonds. The van der Waals surface area contributed by atoms with E-state index in [1.807, 2.05) is 11.8 Å². The Morgan fingerprint density at radius 3 is 2.72 bits per heavy atom. The third-order valence-electron chi connectivity index (χ3n) is 4.76. The Kier molecular flexibility index (Phi) is 4.99. The SMILES string of the molecule is CCC1CCC(NC2=NC(C(C)C)CCS2)C1C. The lowest BCUT2D eigenvalue weighted by Gasteiger charge is -2.27. The zero-order chi connectivity index (χ0) is 13.1. The Bertz CT molecular complexity index is 301. The Morgan fingerprint density at radius 1 is 1.33 bits per heavy atom. The van der Waals surface area contributed by atoms with Crippen molar-refractivity contribution in [3.63, 3.8) is 0 Å². The average molecular weight is 268 g/mol. The summed E-state index contributed by atoms with van der Waals surface area (Å²) in [6.07, 6.45) is 5.28. The molecule has 1 aliphatic carbocycles. The van der Waals surface area contributed by atoms with E-state index in [1.165, 1.54) is 36.6 Å². The standard InChI is InChI=1S/C15H28N2S/c1-5-12-6-7-14(11(12)4)17-15-16-13(10(2)3)8-9-18-15/h10-14H,5-9H2,1-4H3,(H,16,17). The summed E-state index contributed by atoms with van der Waals surface area (Å²) in [6.45, 7) is 9.30. The van der Waals surface area contributed by atoms with E-state index < -0.39 is 0 Å². The molecular formula is C15H28N2S. The molecule has 4 atom stereocenters. The van der Waals surface area contributed by atoms with E-state index in [2.05, 4.69) is 33.0 Å². The zero-order valence-corrected chi connectivity index (χ0v) is 13.1. The fourth-order valence-corrected chi connectivity index (χ4v) is 4.27. The van der Waals surface area contributed by atoms with Gasteiger partial charge in [-0.25, -0.2) is 0 Å². The summed E-state index contributed by atoms with van der Waals surface area (Å²) < 4.78 is 0. The molecule has 0 bridgehead atoms. The first-order valence-corrected chi connectivity index (χ1v) is 8.57. The van der Waals surface area contributed by atoms with E-state index in [1.54, 1.807) is 0 Å². The minimum Gasteiger partial charge on any atom is -0.362 e. The van der Waals surface area contributed by atoms with Gasteiger partial charge in [-0.1, -0.05) is 45.9 Å². The fraction of sp³-hybridized carbons (Fsp3) is 0.933. The summed E-state index contributed by atoms with van der Waals surface area (Å²) >= 11 is 1.92. The van der Waals surface area contributed by atoms with Gasteiger partial charge in [0.1, 0.15) is 0 Å². The maximum absolute atomic E-state index is 4.90. The van der Waals surface area contributed by atoms with Gasteiger partial charge in [-0.3, -0.25) is 4.99 Å². The molecule has 18 heavy (non-hydrogen) atoms. The molecular weight excluding hydrogens is 240 g/mol. The second-order valence-corrected chi connectivity index (χ2v) is 7.32. The summed E-state index contributed by atoms with van der Waals surface area (Å²) in [6, 6.07) is 1.19. The molecule has 1 N–H and O–H groups in total. The van der Waals surface area contributed by atoms with Gasteiger partial charge in [-0.05, 0) is 37.0 Å². The van der Waals surface area contributed by atoms with E-state index in [4.69, 9.17) is 4.99 Å². The van der Waals surface area contributed by atoms with E-state index in [0.717, 1.165) is 11.8 Å². The first-order chi connectivity index (χ1) is 8.61. The Balaban J connectivity index is 1.93. The normalized spacial score (nSPS) is 36.8. The van der Waals surface area contributed by atoms with Gasteiger partial charge in [0, 0.05) is 11.8 Å². The maximum Gasteiger partial charge on any atom is 0.157 e. The Hall–Kier alpha value is -0.180. The van der Waals surface area contributed by atoms with Crippen molar-refractivity contribution in [2.24, 2.45) is 22.7 Å². The van der Waals surface area contributed by atoms with Gasteiger partial charge in [-0.2, -0.15) is 0 Å². The molecule has 0 aromatic rings. The summed E-state index contributed by atoms with van der Waals surface area (Å²) in [5, 5.41) is 4.95. The third-order valence-corrected chi connectivity index (χ3v) is 5.70. The van der Waals surface area contributed by atoms with Crippen LogP contribution in [0.5, 0.6) is 0 Å². The molecule has 2 rings (SSSR count). The van der Waals surface area contributed by atoms with Crippen LogP contribution < -0.4 is 5.32 Å². The van der Waals surface area contributed by atoms with Crippen molar-refractivity contribution in [1.29, 1.82) is 0 Å². The highest BCUT2D eigenvalue weighted by molar-refractivity contribution is 8.13. The number of nitrogens with one attached hydrogen (secondary N) is 1. The molecule has 0 spiro atoms. The molecule has 1 saturated carbocycles. The number of hydrogen-bond donors (Lipinski definition) is 1. The van der Waals surface area contributed by atoms with Crippen LogP contribution in [0.4, 0.5) is 0 Å². The van der Waals surface area contributed by atoms with Crippen LogP contribution in [0.1, 0.15) is 53.4 Å². The lowest BCUT2D eigenvalue weighted by molar-refractivity contribution is 0.368. The molecule has 0 radical (unpaired) electrons. The van der Waals surface area contributed by atoms with Crippen molar-refractivity contribution in [3.8, 4) is 0 Å². The minimum absolute atomic E-state index is 0.535. The van der Waals surface area contributed by atoms with Crippen LogP contribution in [-0.4, -0.2) is 23.0 Å². The highest BCUT2D eigenvalue weighted by Crippen LogP contribution is 2.34. The van der Waals surface area contributed by atoms with E-state index >= 15 is 0 Å². The van der Waals surface area contributed by atoms with Crippen LogP contribution in [0.3, 0.4) is 0 Å². The van der Waals surface area contributed by atoms with Gasteiger partial charge < -0.3 is 5.32 Å². The maximum atomic E-state index is 4.90. The summed E-state index contributed by atoms with van der Waals surface area (Å²) in [4.78, 5) is 4.90. The van der Waals surface area contributed by atoms with Gasteiger partial charge in [-0.15, -0.1) is 0 Å². The Morgan fingerprint density at radius 2 is 2.11 bits per heavy atom. The molecule has 2 aliphatic rings. The van der Waals surface area contributed by atoms with Crippen LogP contribution in [0.25, 0.3) is 0 Å². The van der Waals surface area contributed by atoms with Crippen molar-refractivity contribution >= 4 is 16.9 Å². The second kappa shape index (κ2) is 6.31. The monoisotopic (exact) mass is 268 g/mol. The highest BCUT2D eigenvalue weighted by Gasteiger charge is 2.32. The Labute approximate surface area is 116 Å². The highest BCUT2D eigenvalue weighted by atomic mass is 32.2. The molecule has 4 unspecified atom stereocenters. The molecule has 0 saturated heterocycles. The first-order valence-electron chi connectivity index (χ1n) is 7.59. The molecule has 0 aromatic carbocycles. The largest absolute Gasteiger partial charge is 0.362 e. The molecule has 1 fully saturated rings. The van der Waals surface area contributed by atoms with E-state index in [0.29, 0.717) is 18.0 Å². The topological polar surface area (TPSA) is 24.4 Å². The van der Waals surface area contributed by atoms with Crippen molar-refractivity contribution in [2.75, 3.05) is 5.75 Å². The first kappa shape index (κ1) is 14.2. The van der Waals surface area contributed by atoms with Crippen LogP contribution >= 0.6 is 11.8 Å². The molecule has 1 aliphatic heterocycles. The number of aliphatic imine (C=N–C) groups is 1. The second-order valence-electron chi connectivity index (χ2n) is 6.24. The van der Waals surface area contributed by atoms with Crippen molar-refractivity contribution in [2.45, 2.75) is 65.5 Å². The molecule has 0 aromatic heterocycles. The third kappa shape index (κ3) is 3.23. The summed E-state index contributed by atoms with van der Waals surface area (Å²) in [7, 11) is 0. The van der Waals surface area contributed by atoms with Crippen LogP contribution in [0.2, 0.25) is 0 Å². The van der Waals surface area contributed by atoms with Crippen LogP contribution in [-0.2, 0) is 0 Å². The lowest BCUT2D eigenvalue weighted by Crippen LogP contribution is -2.38. The smallest absolute Gasteiger partial charge is 0.157 e. The molecule has 3 heteroatoms. The summed E-state index contributed by atoms with van der Waals surface area (Å²) in [5.74, 6) is 3.62. The number of amidine groups is 1. The van der Waals surface area contributed by atoms with Gasteiger partial charge in [0.25, 0.3) is 0 Å². The van der Waals surface area contributed by atoms with Crippen molar-refractivity contribution in [3.05, 3.63) is 0 Å². The predicted octanol–water partition coefficient (Wildman–Crippen LogP) is 3.92. The average Bonchev–Trinajstić information content (AvgIpc) is 2.71. The van der Waals surface area contributed by atoms with E-state index in [-0.39, 0.29) is 0 Å². The molecule has 2 nitrogen and oxygen atoms in total. The van der Waals surface area contributed by atoms with Crippen LogP contribution in [0.15, 0.2) is 4.99 Å². The lowest BCUT2D eigenvalue weighted by atomic mass is 9.94. The van der Waals surface area contributed by atoms with Gasteiger partial charge >= 0.3 is 0 Å². The fourth-order valence-electron chi connectivity index (χ4n) is 3.28. The van der Waals surface area contributed by atoms with Gasteiger partial charge in [0.2, 0.25) is 0 Å². The summed E-state index contributed by atoms with van der Waals surface area (Å²) in [5.41, 5.74) is 0. The molecule has 104 valence electrons. The van der Waals surface area contributed by atoms with Crippen molar-refractivity contribution < 1.29 is 0 Å². The van der Waals surface area contributed by atoms with Crippen molar-refractivity contribution in [1.82, 2.24) is 5.32 Å². The number of nitrogens with zero attached hydrogens (tertiary/aromatic N) is 1. The number of hydrogen-bond acceptors (Lipinski definition) is 3. The van der Waals surface area contributed by atoms with Gasteiger partial charge in [0.05, 0.1) is 6.04 Å². The minimum atomic E-state index is 0.535. The zero-order valence-electron chi connectivity index (χ0n) is 12.3. The van der Waals surface area contributed by atoms with Crippen LogP contribution in [0, 0.1) is 17.8 Å². The quantitative estimate of drug-likeness (QED) is 0.839. The molecule has 1 heterocycles. The van der Waals surface area contributed by atoms with Gasteiger partial charge in [0.15, 0.2) is 5.17 Å². The predicted molar refractivity (Wildman–Crippen MR) is 82.2 cm³/mol. The van der Waals surface area contributed by atoms with E-state index in [9.17, 15) is 0 Å². The number of thioether (sulfide) groups is 1. The number of rotatable bonds is 3.